The lowest BCUT2D eigenvalue weighted by Crippen LogP contribution is -2.17. The first-order valence-corrected chi connectivity index (χ1v) is 8.07. The van der Waals surface area contributed by atoms with E-state index in [1.54, 1.807) is 11.8 Å². The highest BCUT2D eigenvalue weighted by Gasteiger charge is 2.25. The molecule has 0 spiro atoms. The Morgan fingerprint density at radius 3 is 3.24 bits per heavy atom. The van der Waals surface area contributed by atoms with Crippen molar-refractivity contribution in [2.45, 2.75) is 30.9 Å². The van der Waals surface area contributed by atoms with E-state index in [4.69, 9.17) is 4.74 Å². The van der Waals surface area contributed by atoms with Crippen molar-refractivity contribution >= 4 is 17.4 Å². The molecule has 2 aliphatic rings. The molecule has 1 N–H and O–H groups in total. The smallest absolute Gasteiger partial charge is 0.112 e. The highest BCUT2D eigenvalue weighted by atomic mass is 32.2. The van der Waals surface area contributed by atoms with Crippen LogP contribution >= 0.6 is 11.8 Å². The highest BCUT2D eigenvalue weighted by Crippen LogP contribution is 2.41. The first-order chi connectivity index (χ1) is 10.4. The van der Waals surface area contributed by atoms with Gasteiger partial charge in [0.1, 0.15) is 5.37 Å². The van der Waals surface area contributed by atoms with Crippen molar-refractivity contribution in [3.8, 4) is 0 Å². The Morgan fingerprint density at radius 1 is 1.43 bits per heavy atom. The summed E-state index contributed by atoms with van der Waals surface area (Å²) in [5.74, 6) is 0. The average Bonchev–Trinajstić information content (AvgIpc) is 3.28. The average molecular weight is 303 g/mol. The predicted octanol–water partition coefficient (Wildman–Crippen LogP) is 2.51. The number of ether oxygens (including phenoxy) is 1. The summed E-state index contributed by atoms with van der Waals surface area (Å²) in [5, 5.41) is 13.7. The maximum absolute atomic E-state index is 5.67. The number of aromatic amines is 1. The number of aromatic nitrogens is 4. The second-order valence-electron chi connectivity index (χ2n) is 5.27. The zero-order valence-electron chi connectivity index (χ0n) is 11.6. The largest absolute Gasteiger partial charge is 0.376 e. The minimum atomic E-state index is 0.226. The molecule has 4 heterocycles. The minimum Gasteiger partial charge on any atom is -0.376 e. The fourth-order valence-corrected chi connectivity index (χ4v) is 3.72. The molecule has 0 radical (unpaired) electrons. The molecule has 0 amide bonds. The molecule has 0 bridgehead atoms. The summed E-state index contributed by atoms with van der Waals surface area (Å²) in [4.78, 5) is 2.22. The molecule has 2 aromatic rings. The molecule has 2 atom stereocenters. The number of anilines is 1. The normalized spacial score (nSPS) is 25.0. The Kier molecular flexibility index (Phi) is 3.44. The van der Waals surface area contributed by atoms with Gasteiger partial charge >= 0.3 is 0 Å². The van der Waals surface area contributed by atoms with Gasteiger partial charge in [-0.15, -0.1) is 11.8 Å². The van der Waals surface area contributed by atoms with Gasteiger partial charge in [-0.3, -0.25) is 9.78 Å². The van der Waals surface area contributed by atoms with Gasteiger partial charge in [0.15, 0.2) is 0 Å². The standard InChI is InChI=1S/C14H17N5OS/c1-2-13(20-4-1)10-18-9-12(8-17-18)19-3-5-21-14(19)11-6-15-16-7-11/h3,5-9,13-14H,1-2,4,10H2,(H,15,16). The van der Waals surface area contributed by atoms with E-state index in [-0.39, 0.29) is 5.37 Å². The third-order valence-corrected chi connectivity index (χ3v) is 4.85. The lowest BCUT2D eigenvalue weighted by atomic mass is 10.2. The van der Waals surface area contributed by atoms with E-state index in [9.17, 15) is 0 Å². The van der Waals surface area contributed by atoms with Crippen LogP contribution in [0.1, 0.15) is 23.8 Å². The quantitative estimate of drug-likeness (QED) is 0.940. The zero-order valence-corrected chi connectivity index (χ0v) is 12.4. The van der Waals surface area contributed by atoms with Crippen molar-refractivity contribution in [2.75, 3.05) is 11.5 Å². The minimum absolute atomic E-state index is 0.226. The highest BCUT2D eigenvalue weighted by molar-refractivity contribution is 8.02. The Labute approximate surface area is 127 Å². The van der Waals surface area contributed by atoms with E-state index >= 15 is 0 Å². The van der Waals surface area contributed by atoms with E-state index in [0.29, 0.717) is 6.10 Å². The number of thioether (sulfide) groups is 1. The van der Waals surface area contributed by atoms with E-state index in [2.05, 4.69) is 38.0 Å². The summed E-state index contributed by atoms with van der Waals surface area (Å²) in [6, 6.07) is 0. The van der Waals surface area contributed by atoms with Crippen LogP contribution in [0.15, 0.2) is 36.4 Å². The Morgan fingerprint density at radius 2 is 2.43 bits per heavy atom. The maximum atomic E-state index is 5.67. The molecule has 7 heteroatoms. The van der Waals surface area contributed by atoms with Crippen molar-refractivity contribution in [2.24, 2.45) is 0 Å². The lowest BCUT2D eigenvalue weighted by molar-refractivity contribution is 0.0940. The van der Waals surface area contributed by atoms with Gasteiger partial charge in [0, 0.05) is 30.8 Å². The van der Waals surface area contributed by atoms with Gasteiger partial charge in [-0.1, -0.05) is 0 Å². The Balaban J connectivity index is 1.50. The number of nitrogens with one attached hydrogen (secondary N) is 1. The molecule has 2 aromatic heterocycles. The molecule has 2 unspecified atom stereocenters. The van der Waals surface area contributed by atoms with Gasteiger partial charge in [-0.2, -0.15) is 10.2 Å². The lowest BCUT2D eigenvalue weighted by Gasteiger charge is -2.22. The molecule has 1 fully saturated rings. The summed E-state index contributed by atoms with van der Waals surface area (Å²) in [6.07, 6.45) is 12.5. The molecule has 21 heavy (non-hydrogen) atoms. The number of hydrogen-bond donors (Lipinski definition) is 1. The fraction of sp³-hybridized carbons (Fsp3) is 0.429. The SMILES string of the molecule is C1=CN(c2cnn(CC3CCCO3)c2)C(c2cn[nH]c2)S1. The molecular weight excluding hydrogens is 286 g/mol. The first-order valence-electron chi connectivity index (χ1n) is 7.13. The van der Waals surface area contributed by atoms with Crippen LogP contribution < -0.4 is 4.90 Å². The second-order valence-corrected chi connectivity index (χ2v) is 6.26. The summed E-state index contributed by atoms with van der Waals surface area (Å²) in [7, 11) is 0. The van der Waals surface area contributed by atoms with E-state index < -0.39 is 0 Å². The van der Waals surface area contributed by atoms with E-state index in [1.165, 1.54) is 0 Å². The van der Waals surface area contributed by atoms with Crippen molar-refractivity contribution < 1.29 is 4.74 Å². The van der Waals surface area contributed by atoms with E-state index in [1.807, 2.05) is 23.3 Å². The number of rotatable bonds is 4. The molecule has 0 saturated carbocycles. The van der Waals surface area contributed by atoms with Crippen LogP contribution in [-0.4, -0.2) is 32.7 Å². The fourth-order valence-electron chi connectivity index (χ4n) is 2.76. The number of H-pyrrole nitrogens is 1. The van der Waals surface area contributed by atoms with Crippen LogP contribution in [0.2, 0.25) is 0 Å². The summed E-state index contributed by atoms with van der Waals surface area (Å²) in [5.41, 5.74) is 2.26. The van der Waals surface area contributed by atoms with Crippen molar-refractivity contribution in [1.29, 1.82) is 0 Å². The van der Waals surface area contributed by atoms with Crippen molar-refractivity contribution in [3.05, 3.63) is 42.0 Å². The van der Waals surface area contributed by atoms with E-state index in [0.717, 1.165) is 37.2 Å². The first kappa shape index (κ1) is 13.0. The molecule has 2 aliphatic heterocycles. The van der Waals surface area contributed by atoms with Crippen LogP contribution in [-0.2, 0) is 11.3 Å². The third kappa shape index (κ3) is 2.58. The summed E-state index contributed by atoms with van der Waals surface area (Å²) < 4.78 is 7.65. The topological polar surface area (TPSA) is 59.0 Å². The van der Waals surface area contributed by atoms with Gasteiger partial charge < -0.3 is 9.64 Å². The molecule has 0 aromatic carbocycles. The summed E-state index contributed by atoms with van der Waals surface area (Å²) >= 11 is 1.77. The van der Waals surface area contributed by atoms with Crippen LogP contribution in [0.25, 0.3) is 0 Å². The molecule has 110 valence electrons. The Bertz CT molecular complexity index is 617. The zero-order chi connectivity index (χ0) is 14.1. The van der Waals surface area contributed by atoms with Crippen LogP contribution in [0, 0.1) is 0 Å². The molecule has 1 saturated heterocycles. The predicted molar refractivity (Wildman–Crippen MR) is 81.7 cm³/mol. The monoisotopic (exact) mass is 303 g/mol. The number of hydrogen-bond acceptors (Lipinski definition) is 5. The van der Waals surface area contributed by atoms with Gasteiger partial charge in [0.25, 0.3) is 0 Å². The molecular formula is C14H17N5OS. The summed E-state index contributed by atoms with van der Waals surface area (Å²) in [6.45, 7) is 1.72. The van der Waals surface area contributed by atoms with Gasteiger partial charge in [0.05, 0.1) is 30.7 Å². The van der Waals surface area contributed by atoms with Gasteiger partial charge in [0.2, 0.25) is 0 Å². The maximum Gasteiger partial charge on any atom is 0.112 e. The van der Waals surface area contributed by atoms with Gasteiger partial charge in [-0.05, 0) is 18.2 Å². The number of nitrogens with zero attached hydrogens (tertiary/aromatic N) is 4. The molecule has 4 rings (SSSR count). The molecule has 0 aliphatic carbocycles. The van der Waals surface area contributed by atoms with Crippen molar-refractivity contribution in [3.63, 3.8) is 0 Å². The van der Waals surface area contributed by atoms with Crippen molar-refractivity contribution in [1.82, 2.24) is 20.0 Å². The molecule has 6 nitrogen and oxygen atoms in total. The third-order valence-electron chi connectivity index (χ3n) is 3.82. The Hall–Kier alpha value is -1.73. The van der Waals surface area contributed by atoms with Crippen LogP contribution in [0.5, 0.6) is 0 Å². The second kappa shape index (κ2) is 5.57. The van der Waals surface area contributed by atoms with Crippen LogP contribution in [0.4, 0.5) is 5.69 Å². The van der Waals surface area contributed by atoms with Crippen LogP contribution in [0.3, 0.4) is 0 Å². The van der Waals surface area contributed by atoms with Gasteiger partial charge in [-0.25, -0.2) is 0 Å².